The number of benzene rings is 2. The number of methoxy groups -OCH3 is 1. The Bertz CT molecular complexity index is 707. The normalized spacial score (nSPS) is 10.2. The van der Waals surface area contributed by atoms with Crippen molar-refractivity contribution in [2.75, 3.05) is 13.4 Å². The van der Waals surface area contributed by atoms with E-state index in [-0.39, 0.29) is 5.78 Å². The topological polar surface area (TPSA) is 52.6 Å². The Kier molecular flexibility index (Phi) is 5.82. The lowest BCUT2D eigenvalue weighted by atomic mass is 10.1. The molecule has 0 aliphatic carbocycles. The molecule has 23 heavy (non-hydrogen) atoms. The van der Waals surface area contributed by atoms with E-state index in [1.807, 2.05) is 12.3 Å². The molecule has 0 spiro atoms. The summed E-state index contributed by atoms with van der Waals surface area (Å²) in [5, 5.41) is 0. The molecule has 0 fully saturated rings. The maximum absolute atomic E-state index is 12.3. The van der Waals surface area contributed by atoms with Gasteiger partial charge in [0.1, 0.15) is 17.1 Å². The van der Waals surface area contributed by atoms with Crippen molar-refractivity contribution in [2.24, 2.45) is 0 Å². The van der Waals surface area contributed by atoms with Crippen molar-refractivity contribution >= 4 is 23.5 Å². The first-order chi connectivity index (χ1) is 11.1. The first kappa shape index (κ1) is 17.1. The number of esters is 1. The number of ether oxygens (including phenoxy) is 2. The van der Waals surface area contributed by atoms with Gasteiger partial charge >= 0.3 is 5.97 Å². The molecule has 0 unspecified atom stereocenters. The maximum Gasteiger partial charge on any atom is 0.347 e. The SMILES string of the molecule is CCC(=O)c1ccc(OC(=O)c2ccc(SC)cc2OC)cc1. The van der Waals surface area contributed by atoms with E-state index in [1.165, 1.54) is 7.11 Å². The number of ketones is 1. The Morgan fingerprint density at radius 3 is 2.35 bits per heavy atom. The second-order valence-corrected chi connectivity index (χ2v) is 5.64. The number of Topliss-reactive ketones (excluding diaryl/α,β-unsaturated/α-hetero) is 1. The van der Waals surface area contributed by atoms with Gasteiger partial charge in [0.15, 0.2) is 5.78 Å². The van der Waals surface area contributed by atoms with Crippen LogP contribution in [0.3, 0.4) is 0 Å². The van der Waals surface area contributed by atoms with Gasteiger partial charge < -0.3 is 9.47 Å². The summed E-state index contributed by atoms with van der Waals surface area (Å²) in [4.78, 5) is 24.9. The molecule has 0 atom stereocenters. The molecule has 0 amide bonds. The van der Waals surface area contributed by atoms with Crippen LogP contribution in [0.2, 0.25) is 0 Å². The molecule has 0 aliphatic rings. The largest absolute Gasteiger partial charge is 0.496 e. The lowest BCUT2D eigenvalue weighted by molar-refractivity contribution is 0.0731. The minimum absolute atomic E-state index is 0.0530. The molecule has 2 aromatic carbocycles. The Morgan fingerprint density at radius 2 is 1.78 bits per heavy atom. The van der Waals surface area contributed by atoms with Crippen LogP contribution in [-0.4, -0.2) is 25.1 Å². The third-order valence-corrected chi connectivity index (χ3v) is 4.06. The number of hydrogen-bond donors (Lipinski definition) is 0. The first-order valence-electron chi connectivity index (χ1n) is 7.16. The molecule has 5 heteroatoms. The minimum Gasteiger partial charge on any atom is -0.496 e. The second-order valence-electron chi connectivity index (χ2n) is 4.76. The molecular weight excluding hydrogens is 312 g/mol. The van der Waals surface area contributed by atoms with Gasteiger partial charge in [-0.15, -0.1) is 11.8 Å². The highest BCUT2D eigenvalue weighted by atomic mass is 32.2. The third kappa shape index (κ3) is 4.13. The summed E-state index contributed by atoms with van der Waals surface area (Å²) in [7, 11) is 1.52. The summed E-state index contributed by atoms with van der Waals surface area (Å²) in [6, 6.07) is 11.9. The van der Waals surface area contributed by atoms with Gasteiger partial charge in [-0.05, 0) is 48.7 Å². The van der Waals surface area contributed by atoms with Crippen LogP contribution in [0, 0.1) is 0 Å². The number of carbonyl (C=O) groups excluding carboxylic acids is 2. The Hall–Kier alpha value is -2.27. The van der Waals surface area contributed by atoms with Crippen molar-refractivity contribution in [2.45, 2.75) is 18.2 Å². The van der Waals surface area contributed by atoms with Gasteiger partial charge in [0.2, 0.25) is 0 Å². The van der Waals surface area contributed by atoms with Gasteiger partial charge in [0.05, 0.1) is 7.11 Å². The van der Waals surface area contributed by atoms with Crippen molar-refractivity contribution in [3.8, 4) is 11.5 Å². The van der Waals surface area contributed by atoms with Crippen molar-refractivity contribution in [3.05, 3.63) is 53.6 Å². The van der Waals surface area contributed by atoms with E-state index in [2.05, 4.69) is 0 Å². The number of hydrogen-bond acceptors (Lipinski definition) is 5. The highest BCUT2D eigenvalue weighted by molar-refractivity contribution is 7.98. The zero-order valence-corrected chi connectivity index (χ0v) is 14.1. The zero-order chi connectivity index (χ0) is 16.8. The standard InChI is InChI=1S/C18H18O4S/c1-4-16(19)12-5-7-13(8-6-12)22-18(20)15-10-9-14(23-3)11-17(15)21-2/h5-11H,4H2,1-3H3. The minimum atomic E-state index is -0.496. The molecule has 4 nitrogen and oxygen atoms in total. The van der Waals surface area contributed by atoms with Crippen molar-refractivity contribution in [3.63, 3.8) is 0 Å². The van der Waals surface area contributed by atoms with Crippen molar-refractivity contribution in [1.29, 1.82) is 0 Å². The second kappa shape index (κ2) is 7.83. The molecule has 2 rings (SSSR count). The summed E-state index contributed by atoms with van der Waals surface area (Å²) < 4.78 is 10.6. The van der Waals surface area contributed by atoms with Crippen LogP contribution in [0.5, 0.6) is 11.5 Å². The summed E-state index contributed by atoms with van der Waals surface area (Å²) in [6.07, 6.45) is 2.39. The van der Waals surface area contributed by atoms with Gasteiger partial charge in [0.25, 0.3) is 0 Å². The lowest BCUT2D eigenvalue weighted by Gasteiger charge is -2.10. The average Bonchev–Trinajstić information content (AvgIpc) is 2.60. The smallest absolute Gasteiger partial charge is 0.347 e. The van der Waals surface area contributed by atoms with Crippen LogP contribution >= 0.6 is 11.8 Å². The molecule has 0 aromatic heterocycles. The molecule has 0 N–H and O–H groups in total. The first-order valence-corrected chi connectivity index (χ1v) is 8.39. The highest BCUT2D eigenvalue weighted by Crippen LogP contribution is 2.26. The molecule has 0 radical (unpaired) electrons. The predicted octanol–water partition coefficient (Wildman–Crippen LogP) is 4.23. The summed E-state index contributed by atoms with van der Waals surface area (Å²) >= 11 is 1.57. The summed E-state index contributed by atoms with van der Waals surface area (Å²) in [5.74, 6) is 0.416. The van der Waals surface area contributed by atoms with Crippen LogP contribution in [0.15, 0.2) is 47.4 Å². The van der Waals surface area contributed by atoms with Gasteiger partial charge in [-0.3, -0.25) is 4.79 Å². The van der Waals surface area contributed by atoms with Crippen LogP contribution < -0.4 is 9.47 Å². The molecule has 120 valence electrons. The van der Waals surface area contributed by atoms with Gasteiger partial charge in [0, 0.05) is 16.9 Å². The van der Waals surface area contributed by atoms with Crippen LogP contribution in [0.1, 0.15) is 34.1 Å². The number of thioether (sulfide) groups is 1. The summed E-state index contributed by atoms with van der Waals surface area (Å²) in [5.41, 5.74) is 0.966. The van der Waals surface area contributed by atoms with E-state index in [1.54, 1.807) is 55.1 Å². The Labute approximate surface area is 139 Å². The van der Waals surface area contributed by atoms with E-state index in [0.29, 0.717) is 29.0 Å². The summed E-state index contributed by atoms with van der Waals surface area (Å²) in [6.45, 7) is 1.81. The van der Waals surface area contributed by atoms with Gasteiger partial charge in [-0.25, -0.2) is 4.79 Å². The molecule has 0 aliphatic heterocycles. The van der Waals surface area contributed by atoms with E-state index in [9.17, 15) is 9.59 Å². The Balaban J connectivity index is 2.17. The fraction of sp³-hybridized carbons (Fsp3) is 0.222. The quantitative estimate of drug-likeness (QED) is 0.343. The van der Waals surface area contributed by atoms with E-state index in [0.717, 1.165) is 4.90 Å². The Morgan fingerprint density at radius 1 is 1.09 bits per heavy atom. The van der Waals surface area contributed by atoms with Gasteiger partial charge in [-0.1, -0.05) is 6.92 Å². The molecular formula is C18H18O4S. The zero-order valence-electron chi connectivity index (χ0n) is 13.3. The van der Waals surface area contributed by atoms with Crippen LogP contribution in [0.25, 0.3) is 0 Å². The van der Waals surface area contributed by atoms with E-state index in [4.69, 9.17) is 9.47 Å². The fourth-order valence-electron chi connectivity index (χ4n) is 2.04. The predicted molar refractivity (Wildman–Crippen MR) is 90.8 cm³/mol. The fourth-order valence-corrected chi connectivity index (χ4v) is 2.47. The molecule has 2 aromatic rings. The van der Waals surface area contributed by atoms with Gasteiger partial charge in [-0.2, -0.15) is 0 Å². The molecule has 0 saturated carbocycles. The highest BCUT2D eigenvalue weighted by Gasteiger charge is 2.15. The average molecular weight is 330 g/mol. The maximum atomic E-state index is 12.3. The molecule has 0 saturated heterocycles. The van der Waals surface area contributed by atoms with E-state index < -0.39 is 5.97 Å². The third-order valence-electron chi connectivity index (χ3n) is 3.34. The van der Waals surface area contributed by atoms with Crippen molar-refractivity contribution in [1.82, 2.24) is 0 Å². The lowest BCUT2D eigenvalue weighted by Crippen LogP contribution is -2.10. The van der Waals surface area contributed by atoms with Crippen LogP contribution in [0.4, 0.5) is 0 Å². The van der Waals surface area contributed by atoms with Crippen molar-refractivity contribution < 1.29 is 19.1 Å². The number of rotatable bonds is 6. The molecule has 0 bridgehead atoms. The number of carbonyl (C=O) groups is 2. The molecule has 0 heterocycles. The monoisotopic (exact) mass is 330 g/mol. The van der Waals surface area contributed by atoms with Crippen LogP contribution in [-0.2, 0) is 0 Å². The van der Waals surface area contributed by atoms with E-state index >= 15 is 0 Å².